The number of ether oxygens (including phenoxy) is 2. The Hall–Kier alpha value is -2.10. The molecule has 1 saturated heterocycles. The molecular weight excluding hydrogens is 236 g/mol. The van der Waals surface area contributed by atoms with E-state index in [0.717, 1.165) is 0 Å². The molecule has 18 heavy (non-hydrogen) atoms. The lowest BCUT2D eigenvalue weighted by atomic mass is 10.2. The molecule has 0 unspecified atom stereocenters. The first-order chi connectivity index (χ1) is 8.70. The van der Waals surface area contributed by atoms with Crippen LogP contribution in [0.4, 0.5) is 0 Å². The highest BCUT2D eigenvalue weighted by Gasteiger charge is 2.32. The molecule has 5 nitrogen and oxygen atoms in total. The third kappa shape index (κ3) is 2.77. The second-order valence-electron chi connectivity index (χ2n) is 3.92. The van der Waals surface area contributed by atoms with E-state index in [2.05, 4.69) is 0 Å². The molecule has 2 atom stereocenters. The minimum absolute atomic E-state index is 0.0586. The van der Waals surface area contributed by atoms with Gasteiger partial charge in [0.05, 0.1) is 5.56 Å². The number of carbonyl (C=O) groups excluding carboxylic acids is 2. The van der Waals surface area contributed by atoms with Crippen molar-refractivity contribution in [1.29, 1.82) is 0 Å². The highest BCUT2D eigenvalue weighted by Crippen LogP contribution is 2.22. The van der Waals surface area contributed by atoms with Gasteiger partial charge in [-0.3, -0.25) is 0 Å². The molecule has 1 heterocycles. The van der Waals surface area contributed by atoms with E-state index in [1.165, 1.54) is 0 Å². The van der Waals surface area contributed by atoms with Crippen LogP contribution in [0.2, 0.25) is 0 Å². The predicted molar refractivity (Wildman–Crippen MR) is 61.4 cm³/mol. The van der Waals surface area contributed by atoms with Gasteiger partial charge in [-0.2, -0.15) is 0 Å². The minimum atomic E-state index is -0.843. The minimum Gasteiger partial charge on any atom is -0.477 e. The molecule has 94 valence electrons. The first-order valence-electron chi connectivity index (χ1n) is 5.51. The van der Waals surface area contributed by atoms with Crippen molar-refractivity contribution in [1.82, 2.24) is 0 Å². The van der Waals surface area contributed by atoms with Crippen LogP contribution in [0.15, 0.2) is 36.1 Å². The topological polar surface area (TPSA) is 72.8 Å². The third-order valence-corrected chi connectivity index (χ3v) is 2.62. The van der Waals surface area contributed by atoms with Crippen LogP contribution in [-0.4, -0.2) is 35.8 Å². The van der Waals surface area contributed by atoms with Gasteiger partial charge in [0.1, 0.15) is 12.7 Å². The van der Waals surface area contributed by atoms with Gasteiger partial charge in [-0.25, -0.2) is 9.59 Å². The van der Waals surface area contributed by atoms with Crippen molar-refractivity contribution in [2.75, 3.05) is 6.61 Å². The fourth-order valence-electron chi connectivity index (χ4n) is 1.66. The van der Waals surface area contributed by atoms with Crippen LogP contribution in [0.5, 0.6) is 0 Å². The first-order valence-corrected chi connectivity index (χ1v) is 5.51. The molecule has 0 aliphatic carbocycles. The van der Waals surface area contributed by atoms with Gasteiger partial charge in [-0.1, -0.05) is 18.2 Å². The fourth-order valence-corrected chi connectivity index (χ4v) is 1.66. The Balaban J connectivity index is 1.89. The summed E-state index contributed by atoms with van der Waals surface area (Å²) in [6.45, 7) is -0.0971. The summed E-state index contributed by atoms with van der Waals surface area (Å²) in [5, 5.41) is 9.56. The Labute approximate surface area is 104 Å². The molecule has 1 aromatic rings. The van der Waals surface area contributed by atoms with Gasteiger partial charge in [0.25, 0.3) is 0 Å². The van der Waals surface area contributed by atoms with Crippen LogP contribution in [-0.2, 0) is 14.3 Å². The zero-order chi connectivity index (χ0) is 13.0. The Bertz CT molecular complexity index is 475. The summed E-state index contributed by atoms with van der Waals surface area (Å²) in [6.07, 6.45) is -1.43. The van der Waals surface area contributed by atoms with Crippen LogP contribution in [0.1, 0.15) is 16.8 Å². The van der Waals surface area contributed by atoms with Gasteiger partial charge in [0.2, 0.25) is 0 Å². The van der Waals surface area contributed by atoms with E-state index in [-0.39, 0.29) is 18.8 Å². The molecule has 0 aromatic heterocycles. The Kier molecular flexibility index (Phi) is 3.77. The summed E-state index contributed by atoms with van der Waals surface area (Å²) in [4.78, 5) is 22.0. The molecular formula is C13H12O5. The largest absolute Gasteiger partial charge is 0.477 e. The zero-order valence-corrected chi connectivity index (χ0v) is 9.54. The Morgan fingerprint density at radius 2 is 2.17 bits per heavy atom. The van der Waals surface area contributed by atoms with Crippen molar-refractivity contribution in [3.05, 3.63) is 41.7 Å². The highest BCUT2D eigenvalue weighted by molar-refractivity contribution is 5.89. The number of aliphatic hydroxyl groups is 1. The summed E-state index contributed by atoms with van der Waals surface area (Å²) in [5.41, 5.74) is 0.427. The lowest BCUT2D eigenvalue weighted by molar-refractivity contribution is -0.00382. The van der Waals surface area contributed by atoms with E-state index in [9.17, 15) is 14.7 Å². The van der Waals surface area contributed by atoms with Crippen LogP contribution in [0.25, 0.3) is 0 Å². The second-order valence-corrected chi connectivity index (χ2v) is 3.92. The van der Waals surface area contributed by atoms with E-state index in [0.29, 0.717) is 5.56 Å². The maximum absolute atomic E-state index is 11.6. The number of hydrogen-bond acceptors (Lipinski definition) is 5. The second kappa shape index (κ2) is 5.49. The van der Waals surface area contributed by atoms with Gasteiger partial charge in [-0.15, -0.1) is 0 Å². The molecule has 2 rings (SSSR count). The standard InChI is InChI=1S/C13H12O5/c14-7-10-6-11(15)12(18-10)8-17-13(16)9-4-2-1-3-5-9/h1-5,11-12,15H,6,8H2/t11-,12+/m0/s1. The third-order valence-electron chi connectivity index (χ3n) is 2.62. The zero-order valence-electron chi connectivity index (χ0n) is 9.54. The van der Waals surface area contributed by atoms with Gasteiger partial charge in [0, 0.05) is 6.42 Å². The SMILES string of the molecule is O=C=C1C[C@H](O)[C@@H](COC(=O)c2ccccc2)O1. The van der Waals surface area contributed by atoms with Crippen LogP contribution < -0.4 is 0 Å². The number of hydrogen-bond donors (Lipinski definition) is 1. The summed E-state index contributed by atoms with van der Waals surface area (Å²) in [5.74, 6) is 1.16. The molecule has 0 spiro atoms. The maximum Gasteiger partial charge on any atom is 0.338 e. The lowest BCUT2D eigenvalue weighted by Gasteiger charge is -2.13. The molecule has 1 aliphatic rings. The van der Waals surface area contributed by atoms with Crippen molar-refractivity contribution in [2.45, 2.75) is 18.6 Å². The van der Waals surface area contributed by atoms with Gasteiger partial charge in [0.15, 0.2) is 17.8 Å². The summed E-state index contributed by atoms with van der Waals surface area (Å²) < 4.78 is 10.1. The van der Waals surface area contributed by atoms with E-state index in [1.807, 2.05) is 0 Å². The smallest absolute Gasteiger partial charge is 0.338 e. The molecule has 0 radical (unpaired) electrons. The van der Waals surface area contributed by atoms with Crippen LogP contribution in [0, 0.1) is 0 Å². The molecule has 1 aliphatic heterocycles. The summed E-state index contributed by atoms with van der Waals surface area (Å²) in [7, 11) is 0. The van der Waals surface area contributed by atoms with Crippen molar-refractivity contribution < 1.29 is 24.2 Å². The summed E-state index contributed by atoms with van der Waals surface area (Å²) in [6, 6.07) is 8.51. The van der Waals surface area contributed by atoms with Crippen LogP contribution >= 0.6 is 0 Å². The van der Waals surface area contributed by atoms with E-state index >= 15 is 0 Å². The number of aliphatic hydroxyl groups excluding tert-OH is 1. The highest BCUT2D eigenvalue weighted by atomic mass is 16.6. The number of esters is 1. The van der Waals surface area contributed by atoms with Crippen molar-refractivity contribution in [3.63, 3.8) is 0 Å². The van der Waals surface area contributed by atoms with Crippen molar-refractivity contribution >= 4 is 11.9 Å². The van der Waals surface area contributed by atoms with E-state index in [4.69, 9.17) is 9.47 Å². The maximum atomic E-state index is 11.6. The quantitative estimate of drug-likeness (QED) is 0.630. The number of rotatable bonds is 3. The van der Waals surface area contributed by atoms with Gasteiger partial charge in [-0.05, 0) is 12.1 Å². The average Bonchev–Trinajstić information content (AvgIpc) is 2.77. The van der Waals surface area contributed by atoms with Crippen LogP contribution in [0.3, 0.4) is 0 Å². The van der Waals surface area contributed by atoms with Crippen molar-refractivity contribution in [2.24, 2.45) is 0 Å². The van der Waals surface area contributed by atoms with Crippen molar-refractivity contribution in [3.8, 4) is 0 Å². The Morgan fingerprint density at radius 1 is 1.44 bits per heavy atom. The number of carbonyl (C=O) groups is 1. The molecule has 5 heteroatoms. The monoisotopic (exact) mass is 248 g/mol. The number of benzene rings is 1. The first kappa shape index (κ1) is 12.4. The normalized spacial score (nSPS) is 22.2. The summed E-state index contributed by atoms with van der Waals surface area (Å²) >= 11 is 0. The molecule has 0 saturated carbocycles. The Morgan fingerprint density at radius 3 is 2.78 bits per heavy atom. The van der Waals surface area contributed by atoms with Gasteiger partial charge >= 0.3 is 5.97 Å². The average molecular weight is 248 g/mol. The predicted octanol–water partition coefficient (Wildman–Crippen LogP) is 0.709. The fraction of sp³-hybridized carbons (Fsp3) is 0.308. The van der Waals surface area contributed by atoms with Gasteiger partial charge < -0.3 is 14.6 Å². The molecule has 1 N–H and O–H groups in total. The van der Waals surface area contributed by atoms with E-state index in [1.54, 1.807) is 36.3 Å². The molecule has 1 aromatic carbocycles. The lowest BCUT2D eigenvalue weighted by Crippen LogP contribution is -2.27. The molecule has 0 amide bonds. The molecule has 0 bridgehead atoms. The molecule has 1 fully saturated rings. The van der Waals surface area contributed by atoms with E-state index < -0.39 is 18.2 Å².